The van der Waals surface area contributed by atoms with E-state index in [0.717, 1.165) is 19.3 Å². The van der Waals surface area contributed by atoms with E-state index in [9.17, 15) is 61.3 Å². The standard InChI is InChI=1S/C47H78O19/c1-41(2)26(65-38-33(56)28(51)20(50)18-60-38)9-11-47-19-46(47)13-12-43(5)37(45(7)10-8-27(66-45)42(3,4)59)22(62-40-35(58)32(55)30(53)24(17-49)64-40)15-44(43,6)25(46)14-21(36(41)47)61-39-34(57)31(54)29(52)23(16-48)63-39/h20-40,48-59H,8-19H2,1-7H3/t20-,21+,22+,23-,24-,25+,26+,27+,28+,29+,30+,31+,32+,33-,34-,35-,36+,37+,38+,39-,40-,43-,44+,45-,46+,47-/m1/s1. The lowest BCUT2D eigenvalue weighted by atomic mass is 9.41. The zero-order chi connectivity index (χ0) is 48.1. The average molecular weight is 947 g/mol. The summed E-state index contributed by atoms with van der Waals surface area (Å²) in [6.45, 7) is 12.8. The van der Waals surface area contributed by atoms with Gasteiger partial charge in [-0.15, -0.1) is 0 Å². The summed E-state index contributed by atoms with van der Waals surface area (Å²) >= 11 is 0. The van der Waals surface area contributed by atoms with Gasteiger partial charge >= 0.3 is 0 Å². The summed E-state index contributed by atoms with van der Waals surface area (Å²) in [4.78, 5) is 0. The van der Waals surface area contributed by atoms with E-state index in [1.165, 1.54) is 0 Å². The van der Waals surface area contributed by atoms with Gasteiger partial charge in [0.25, 0.3) is 0 Å². The van der Waals surface area contributed by atoms with Gasteiger partial charge in [-0.1, -0.05) is 27.7 Å². The molecule has 0 aromatic rings. The van der Waals surface area contributed by atoms with Crippen molar-refractivity contribution < 1.29 is 94.4 Å². The number of aliphatic hydroxyl groups is 12. The average Bonchev–Trinajstić information content (AvgIpc) is 3.60. The number of hydrogen-bond donors (Lipinski definition) is 12. The molecule has 0 radical (unpaired) electrons. The van der Waals surface area contributed by atoms with Gasteiger partial charge in [-0.05, 0) is 117 Å². The quantitative estimate of drug-likeness (QED) is 0.112. The van der Waals surface area contributed by atoms with E-state index < -0.39 is 151 Å². The highest BCUT2D eigenvalue weighted by Gasteiger charge is 2.85. The van der Waals surface area contributed by atoms with Crippen molar-refractivity contribution in [1.29, 1.82) is 0 Å². The molecule has 4 heterocycles. The Labute approximate surface area is 386 Å². The second kappa shape index (κ2) is 16.9. The van der Waals surface area contributed by atoms with E-state index in [1.54, 1.807) is 13.8 Å². The zero-order valence-electron chi connectivity index (χ0n) is 39.3. The minimum atomic E-state index is -1.67. The van der Waals surface area contributed by atoms with E-state index in [2.05, 4.69) is 34.6 Å². The van der Waals surface area contributed by atoms with Crippen LogP contribution in [-0.4, -0.2) is 203 Å². The molecule has 9 rings (SSSR count). The van der Waals surface area contributed by atoms with E-state index >= 15 is 0 Å². The molecule has 4 aliphatic heterocycles. The topological polar surface area (TPSA) is 307 Å². The second-order valence-electron chi connectivity index (χ2n) is 23.9. The number of aliphatic hydroxyl groups excluding tert-OH is 11. The number of fused-ring (bicyclic) bond motifs is 2. The van der Waals surface area contributed by atoms with E-state index in [0.29, 0.717) is 38.5 Å². The van der Waals surface area contributed by atoms with E-state index in [-0.39, 0.29) is 35.2 Å². The van der Waals surface area contributed by atoms with Crippen LogP contribution in [-0.2, 0) is 33.2 Å². The van der Waals surface area contributed by atoms with Crippen LogP contribution in [0.2, 0.25) is 0 Å². The molecule has 9 fully saturated rings. The fourth-order valence-electron chi connectivity index (χ4n) is 16.3. The van der Waals surface area contributed by atoms with Gasteiger partial charge in [-0.3, -0.25) is 0 Å². The maximum atomic E-state index is 11.4. The van der Waals surface area contributed by atoms with Gasteiger partial charge in [0.05, 0.1) is 55.4 Å². The molecule has 0 aromatic heterocycles. The van der Waals surface area contributed by atoms with Crippen molar-refractivity contribution in [2.45, 2.75) is 228 Å². The molecule has 2 spiro atoms. The van der Waals surface area contributed by atoms with Crippen LogP contribution < -0.4 is 0 Å². The van der Waals surface area contributed by atoms with Crippen molar-refractivity contribution in [1.82, 2.24) is 0 Å². The smallest absolute Gasteiger partial charge is 0.186 e. The summed E-state index contributed by atoms with van der Waals surface area (Å²) < 4.78 is 45.2. The van der Waals surface area contributed by atoms with Crippen LogP contribution in [0.1, 0.15) is 106 Å². The Bertz CT molecular complexity index is 1760. The molecule has 66 heavy (non-hydrogen) atoms. The van der Waals surface area contributed by atoms with Crippen LogP contribution in [0, 0.1) is 44.8 Å². The van der Waals surface area contributed by atoms with Crippen molar-refractivity contribution in [3.63, 3.8) is 0 Å². The van der Waals surface area contributed by atoms with Gasteiger partial charge in [0, 0.05) is 5.92 Å². The molecule has 5 aliphatic carbocycles. The van der Waals surface area contributed by atoms with Crippen LogP contribution in [0.4, 0.5) is 0 Å². The molecular weight excluding hydrogens is 868 g/mol. The first-order valence-corrected chi connectivity index (χ1v) is 24.4. The third-order valence-electron chi connectivity index (χ3n) is 19.8. The lowest BCUT2D eigenvalue weighted by Crippen LogP contribution is -2.65. The lowest BCUT2D eigenvalue weighted by Gasteiger charge is -2.65. The van der Waals surface area contributed by atoms with Crippen molar-refractivity contribution in [2.24, 2.45) is 44.8 Å². The molecule has 19 heteroatoms. The fraction of sp³-hybridized carbons (Fsp3) is 1.00. The van der Waals surface area contributed by atoms with Crippen molar-refractivity contribution in [3.05, 3.63) is 0 Å². The second-order valence-corrected chi connectivity index (χ2v) is 23.9. The van der Waals surface area contributed by atoms with Gasteiger partial charge in [0.2, 0.25) is 0 Å². The minimum absolute atomic E-state index is 0.0655. The van der Waals surface area contributed by atoms with E-state index in [4.69, 9.17) is 33.2 Å². The van der Waals surface area contributed by atoms with Crippen LogP contribution in [0.3, 0.4) is 0 Å². The molecular formula is C47H78O19. The molecule has 0 aromatic carbocycles. The summed E-state index contributed by atoms with van der Waals surface area (Å²) in [6, 6.07) is 0. The largest absolute Gasteiger partial charge is 0.394 e. The molecule has 12 N–H and O–H groups in total. The van der Waals surface area contributed by atoms with Crippen LogP contribution in [0.25, 0.3) is 0 Å². The number of rotatable bonds is 10. The maximum absolute atomic E-state index is 11.4. The molecule has 380 valence electrons. The van der Waals surface area contributed by atoms with Crippen molar-refractivity contribution >= 4 is 0 Å². The molecule has 0 amide bonds. The molecule has 26 atom stereocenters. The predicted octanol–water partition coefficient (Wildman–Crippen LogP) is -1.45. The summed E-state index contributed by atoms with van der Waals surface area (Å²) in [6.07, 6.45) is -17.0. The third-order valence-corrected chi connectivity index (χ3v) is 19.8. The Hall–Kier alpha value is -0.760. The monoisotopic (exact) mass is 947 g/mol. The summed E-state index contributed by atoms with van der Waals surface area (Å²) in [5.74, 6) is -0.678. The molecule has 0 bridgehead atoms. The number of ether oxygens (including phenoxy) is 7. The summed E-state index contributed by atoms with van der Waals surface area (Å²) in [7, 11) is 0. The molecule has 9 aliphatic rings. The SMILES string of the molecule is CC(C)(O)[C@@H]1CC[C@](C)([C@H]2[C@@H](O[C@@H]3O[C@H](CO)[C@H](O)[C@H](O)[C@H]3O)C[C@@]3(C)[C@@H]4C[C@H](O[C@@H]5O[C@H](CO)[C@H](O)[C@H](O)[C@H]5O)[C@H]5C(C)(C)[C@@H](O[C@@H]6OC[C@@H](O)[C@H](O)[C@H]6O)CC[C@@]56C[C@@]46CC[C@]23C)O1. The highest BCUT2D eigenvalue weighted by atomic mass is 16.7. The highest BCUT2D eigenvalue weighted by Crippen LogP contribution is 2.89. The van der Waals surface area contributed by atoms with Crippen LogP contribution >= 0.6 is 0 Å². The van der Waals surface area contributed by atoms with Gasteiger partial charge < -0.3 is 94.4 Å². The van der Waals surface area contributed by atoms with Crippen molar-refractivity contribution in [2.75, 3.05) is 19.8 Å². The molecule has 4 saturated heterocycles. The van der Waals surface area contributed by atoms with Gasteiger partial charge in [0.15, 0.2) is 18.9 Å². The maximum Gasteiger partial charge on any atom is 0.186 e. The van der Waals surface area contributed by atoms with Crippen molar-refractivity contribution in [3.8, 4) is 0 Å². The first-order chi connectivity index (χ1) is 30.7. The minimum Gasteiger partial charge on any atom is -0.394 e. The van der Waals surface area contributed by atoms with Gasteiger partial charge in [0.1, 0.15) is 67.1 Å². The molecule has 19 nitrogen and oxygen atoms in total. The first kappa shape index (κ1) is 50.2. The van der Waals surface area contributed by atoms with Crippen LogP contribution in [0.5, 0.6) is 0 Å². The molecule has 5 saturated carbocycles. The number of hydrogen-bond acceptors (Lipinski definition) is 19. The van der Waals surface area contributed by atoms with Crippen LogP contribution in [0.15, 0.2) is 0 Å². The zero-order valence-corrected chi connectivity index (χ0v) is 39.3. The third kappa shape index (κ3) is 7.30. The summed E-state index contributed by atoms with van der Waals surface area (Å²) in [5, 5.41) is 129. The highest BCUT2D eigenvalue weighted by molar-refractivity contribution is 5.33. The summed E-state index contributed by atoms with van der Waals surface area (Å²) in [5.41, 5.74) is -4.32. The lowest BCUT2D eigenvalue weighted by molar-refractivity contribution is -0.339. The van der Waals surface area contributed by atoms with E-state index in [1.807, 2.05) is 0 Å². The Kier molecular flexibility index (Phi) is 12.9. The predicted molar refractivity (Wildman–Crippen MR) is 226 cm³/mol. The van der Waals surface area contributed by atoms with Gasteiger partial charge in [-0.25, -0.2) is 0 Å². The Balaban J connectivity index is 1.10. The Morgan fingerprint density at radius 1 is 0.591 bits per heavy atom. The first-order valence-electron chi connectivity index (χ1n) is 24.4. The Morgan fingerprint density at radius 3 is 1.73 bits per heavy atom. The normalized spacial score (nSPS) is 58.0. The fourth-order valence-corrected chi connectivity index (χ4v) is 16.3. The van der Waals surface area contributed by atoms with Gasteiger partial charge in [-0.2, -0.15) is 0 Å². The Morgan fingerprint density at radius 2 is 1.17 bits per heavy atom. The molecule has 0 unspecified atom stereocenters.